The standard InChI is InChI=1S/C18H15FN2O8/c1-27-17(23)10-5-11(18(24)28-2)7-12(6-10)20-16(22)9-29-13-3-4-15(21(25)26)14(19)8-13/h3-8H,9H2,1-2H3,(H,20,22). The average molecular weight is 406 g/mol. The zero-order valence-corrected chi connectivity index (χ0v) is 15.3. The van der Waals surface area contributed by atoms with Gasteiger partial charge in [-0.15, -0.1) is 0 Å². The van der Waals surface area contributed by atoms with Crippen molar-refractivity contribution in [2.24, 2.45) is 0 Å². The number of amides is 1. The van der Waals surface area contributed by atoms with Crippen molar-refractivity contribution >= 4 is 29.2 Å². The number of nitro benzene ring substituents is 1. The number of anilines is 1. The molecule has 11 heteroatoms. The summed E-state index contributed by atoms with van der Waals surface area (Å²) < 4.78 is 27.9. The Kier molecular flexibility index (Phi) is 6.80. The molecular formula is C18H15FN2O8. The maximum atomic E-state index is 13.6. The molecule has 2 aromatic carbocycles. The number of methoxy groups -OCH3 is 2. The molecule has 10 nitrogen and oxygen atoms in total. The number of nitrogens with zero attached hydrogens (tertiary/aromatic N) is 1. The third-order valence-electron chi connectivity index (χ3n) is 3.54. The minimum Gasteiger partial charge on any atom is -0.484 e. The Morgan fingerprint density at radius 1 is 1.03 bits per heavy atom. The van der Waals surface area contributed by atoms with Crippen molar-refractivity contribution in [3.8, 4) is 5.75 Å². The number of nitrogens with one attached hydrogen (secondary N) is 1. The summed E-state index contributed by atoms with van der Waals surface area (Å²) in [6, 6.07) is 6.62. The van der Waals surface area contributed by atoms with E-state index in [-0.39, 0.29) is 22.6 Å². The molecule has 0 aliphatic heterocycles. The van der Waals surface area contributed by atoms with Gasteiger partial charge in [-0.2, -0.15) is 4.39 Å². The van der Waals surface area contributed by atoms with E-state index < -0.39 is 40.9 Å². The molecule has 1 N–H and O–H groups in total. The fraction of sp³-hybridized carbons (Fsp3) is 0.167. The molecule has 0 saturated heterocycles. The number of hydrogen-bond acceptors (Lipinski definition) is 8. The second kappa shape index (κ2) is 9.26. The summed E-state index contributed by atoms with van der Waals surface area (Å²) in [6.45, 7) is -0.562. The van der Waals surface area contributed by atoms with Gasteiger partial charge in [-0.25, -0.2) is 9.59 Å². The largest absolute Gasteiger partial charge is 0.484 e. The molecule has 29 heavy (non-hydrogen) atoms. The van der Waals surface area contributed by atoms with E-state index in [4.69, 9.17) is 4.74 Å². The van der Waals surface area contributed by atoms with Crippen molar-refractivity contribution in [3.05, 3.63) is 63.5 Å². The number of carbonyl (C=O) groups is 3. The van der Waals surface area contributed by atoms with Crippen LogP contribution in [0.5, 0.6) is 5.75 Å². The summed E-state index contributed by atoms with van der Waals surface area (Å²) in [6.07, 6.45) is 0. The first kappa shape index (κ1) is 21.3. The zero-order valence-electron chi connectivity index (χ0n) is 15.3. The van der Waals surface area contributed by atoms with Gasteiger partial charge in [-0.1, -0.05) is 0 Å². The van der Waals surface area contributed by atoms with Crippen LogP contribution in [0.2, 0.25) is 0 Å². The smallest absolute Gasteiger partial charge is 0.337 e. The van der Waals surface area contributed by atoms with Crippen LogP contribution in [0, 0.1) is 15.9 Å². The van der Waals surface area contributed by atoms with Gasteiger partial charge in [0.25, 0.3) is 5.91 Å². The molecule has 0 spiro atoms. The second-order valence-corrected chi connectivity index (χ2v) is 5.49. The number of nitro groups is 1. The summed E-state index contributed by atoms with van der Waals surface area (Å²) in [5.41, 5.74) is -0.623. The lowest BCUT2D eigenvalue weighted by molar-refractivity contribution is -0.387. The molecule has 0 aliphatic carbocycles. The Labute approximate surface area is 163 Å². The van der Waals surface area contributed by atoms with Gasteiger partial charge < -0.3 is 19.5 Å². The topological polar surface area (TPSA) is 134 Å². The van der Waals surface area contributed by atoms with Crippen LogP contribution in [0.3, 0.4) is 0 Å². The second-order valence-electron chi connectivity index (χ2n) is 5.49. The number of ether oxygens (including phenoxy) is 3. The molecule has 0 fully saturated rings. The Balaban J connectivity index is 2.11. The number of carbonyl (C=O) groups excluding carboxylic acids is 3. The van der Waals surface area contributed by atoms with E-state index in [2.05, 4.69) is 14.8 Å². The van der Waals surface area contributed by atoms with Crippen LogP contribution >= 0.6 is 0 Å². The number of benzene rings is 2. The zero-order chi connectivity index (χ0) is 21.6. The molecule has 1 amide bonds. The maximum Gasteiger partial charge on any atom is 0.337 e. The van der Waals surface area contributed by atoms with E-state index in [1.807, 2.05) is 0 Å². The maximum absolute atomic E-state index is 13.6. The van der Waals surface area contributed by atoms with Crippen LogP contribution in [-0.2, 0) is 14.3 Å². The van der Waals surface area contributed by atoms with E-state index in [0.717, 1.165) is 32.4 Å². The first-order valence-electron chi connectivity index (χ1n) is 7.93. The fourth-order valence-corrected chi connectivity index (χ4v) is 2.24. The Morgan fingerprint density at radius 2 is 1.62 bits per heavy atom. The molecule has 0 heterocycles. The highest BCUT2D eigenvalue weighted by atomic mass is 19.1. The van der Waals surface area contributed by atoms with Gasteiger partial charge >= 0.3 is 17.6 Å². The SMILES string of the molecule is COC(=O)c1cc(NC(=O)COc2ccc([N+](=O)[O-])c(F)c2)cc(C(=O)OC)c1. The van der Waals surface area contributed by atoms with Gasteiger partial charge in [0.15, 0.2) is 6.61 Å². The lowest BCUT2D eigenvalue weighted by Crippen LogP contribution is -2.21. The minimum atomic E-state index is -1.11. The van der Waals surface area contributed by atoms with Gasteiger partial charge in [0, 0.05) is 17.8 Å². The van der Waals surface area contributed by atoms with E-state index in [1.54, 1.807) is 0 Å². The first-order chi connectivity index (χ1) is 13.7. The quantitative estimate of drug-likeness (QED) is 0.421. The lowest BCUT2D eigenvalue weighted by atomic mass is 10.1. The van der Waals surface area contributed by atoms with Crippen LogP contribution in [0.1, 0.15) is 20.7 Å². The van der Waals surface area contributed by atoms with E-state index in [1.165, 1.54) is 18.2 Å². The highest BCUT2D eigenvalue weighted by molar-refractivity contribution is 5.99. The Bertz CT molecular complexity index is 942. The summed E-state index contributed by atoms with van der Waals surface area (Å²) in [4.78, 5) is 45.3. The third kappa shape index (κ3) is 5.48. The average Bonchev–Trinajstić information content (AvgIpc) is 2.70. The highest BCUT2D eigenvalue weighted by Crippen LogP contribution is 2.22. The monoisotopic (exact) mass is 406 g/mol. The summed E-state index contributed by atoms with van der Waals surface area (Å²) >= 11 is 0. The molecule has 0 radical (unpaired) electrons. The van der Waals surface area contributed by atoms with Gasteiger partial charge in [-0.3, -0.25) is 14.9 Å². The van der Waals surface area contributed by atoms with Crippen LogP contribution < -0.4 is 10.1 Å². The Morgan fingerprint density at radius 3 is 2.10 bits per heavy atom. The number of hydrogen-bond donors (Lipinski definition) is 1. The van der Waals surface area contributed by atoms with E-state index >= 15 is 0 Å². The van der Waals surface area contributed by atoms with Crippen molar-refractivity contribution < 1.29 is 37.9 Å². The van der Waals surface area contributed by atoms with Gasteiger partial charge in [0.2, 0.25) is 5.82 Å². The third-order valence-corrected chi connectivity index (χ3v) is 3.54. The minimum absolute atomic E-state index is 0.00376. The molecular weight excluding hydrogens is 391 g/mol. The van der Waals surface area contributed by atoms with Crippen molar-refractivity contribution in [1.82, 2.24) is 0 Å². The van der Waals surface area contributed by atoms with E-state index in [9.17, 15) is 28.9 Å². The predicted molar refractivity (Wildman–Crippen MR) is 96.3 cm³/mol. The normalized spacial score (nSPS) is 10.0. The van der Waals surface area contributed by atoms with Crippen molar-refractivity contribution in [2.75, 3.05) is 26.1 Å². The lowest BCUT2D eigenvalue weighted by Gasteiger charge is -2.10. The molecule has 0 saturated carbocycles. The fourth-order valence-electron chi connectivity index (χ4n) is 2.24. The molecule has 2 aromatic rings. The molecule has 0 aliphatic rings. The van der Waals surface area contributed by atoms with Gasteiger partial charge in [-0.05, 0) is 24.3 Å². The van der Waals surface area contributed by atoms with Crippen molar-refractivity contribution in [3.63, 3.8) is 0 Å². The van der Waals surface area contributed by atoms with Gasteiger partial charge in [0.05, 0.1) is 30.3 Å². The summed E-state index contributed by atoms with van der Waals surface area (Å²) in [7, 11) is 2.31. The highest BCUT2D eigenvalue weighted by Gasteiger charge is 2.17. The summed E-state index contributed by atoms with van der Waals surface area (Å²) in [5.74, 6) is -3.36. The van der Waals surface area contributed by atoms with Crippen molar-refractivity contribution in [2.45, 2.75) is 0 Å². The van der Waals surface area contributed by atoms with Crippen LogP contribution in [0.25, 0.3) is 0 Å². The van der Waals surface area contributed by atoms with Crippen LogP contribution in [0.15, 0.2) is 36.4 Å². The number of esters is 2. The Hall–Kier alpha value is -4.02. The van der Waals surface area contributed by atoms with Crippen LogP contribution in [-0.4, -0.2) is 43.6 Å². The number of rotatable bonds is 7. The predicted octanol–water partition coefficient (Wildman–Crippen LogP) is 2.32. The van der Waals surface area contributed by atoms with Gasteiger partial charge in [0.1, 0.15) is 5.75 Å². The molecule has 0 bridgehead atoms. The summed E-state index contributed by atoms with van der Waals surface area (Å²) in [5, 5.41) is 13.0. The molecule has 152 valence electrons. The first-order valence-corrected chi connectivity index (χ1v) is 7.93. The molecule has 0 atom stereocenters. The molecule has 2 rings (SSSR count). The molecule has 0 unspecified atom stereocenters. The number of halogens is 1. The van der Waals surface area contributed by atoms with E-state index in [0.29, 0.717) is 0 Å². The van der Waals surface area contributed by atoms with Crippen molar-refractivity contribution in [1.29, 1.82) is 0 Å². The molecule has 0 aromatic heterocycles. The van der Waals surface area contributed by atoms with Crippen LogP contribution in [0.4, 0.5) is 15.8 Å².